The second-order valence-electron chi connectivity index (χ2n) is 7.00. The molecule has 1 aromatic carbocycles. The highest BCUT2D eigenvalue weighted by molar-refractivity contribution is 5.76. The summed E-state index contributed by atoms with van der Waals surface area (Å²) < 4.78 is 0. The van der Waals surface area contributed by atoms with Gasteiger partial charge in [-0.3, -0.25) is 9.69 Å². The van der Waals surface area contributed by atoms with Crippen molar-refractivity contribution < 1.29 is 4.79 Å². The molecule has 1 amide bonds. The van der Waals surface area contributed by atoms with Gasteiger partial charge in [0.2, 0.25) is 5.91 Å². The van der Waals surface area contributed by atoms with Crippen LogP contribution in [0.15, 0.2) is 30.3 Å². The molecule has 0 aromatic heterocycles. The van der Waals surface area contributed by atoms with Crippen LogP contribution in [0.2, 0.25) is 0 Å². The van der Waals surface area contributed by atoms with Gasteiger partial charge >= 0.3 is 0 Å². The third-order valence-corrected chi connectivity index (χ3v) is 5.31. The lowest BCUT2D eigenvalue weighted by Crippen LogP contribution is -2.39. The highest BCUT2D eigenvalue weighted by atomic mass is 16.2. The number of hydrogen-bond acceptors (Lipinski definition) is 3. The van der Waals surface area contributed by atoms with Crippen molar-refractivity contribution in [2.24, 2.45) is 0 Å². The van der Waals surface area contributed by atoms with E-state index >= 15 is 0 Å². The zero-order valence-corrected chi connectivity index (χ0v) is 14.2. The Bertz CT molecular complexity index is 499. The Labute approximate surface area is 139 Å². The van der Waals surface area contributed by atoms with E-state index in [2.05, 4.69) is 40.5 Å². The van der Waals surface area contributed by atoms with Crippen LogP contribution < -0.4 is 5.32 Å². The highest BCUT2D eigenvalue weighted by Gasteiger charge is 2.28. The maximum atomic E-state index is 12.4. The average molecular weight is 315 g/mol. The summed E-state index contributed by atoms with van der Waals surface area (Å²) in [5.41, 5.74) is 1.36. The second kappa shape index (κ2) is 7.93. The predicted octanol–water partition coefficient (Wildman–Crippen LogP) is 2.25. The number of rotatable bonds is 6. The SMILES string of the molecule is CN(C(=O)CCC1CCCN1)C1CCN(Cc2ccccc2)C1. The van der Waals surface area contributed by atoms with E-state index in [4.69, 9.17) is 0 Å². The van der Waals surface area contributed by atoms with Crippen molar-refractivity contribution in [1.29, 1.82) is 0 Å². The molecule has 4 heteroatoms. The minimum atomic E-state index is 0.310. The number of nitrogens with zero attached hydrogens (tertiary/aromatic N) is 2. The molecule has 2 saturated heterocycles. The van der Waals surface area contributed by atoms with Crippen LogP contribution >= 0.6 is 0 Å². The van der Waals surface area contributed by atoms with E-state index in [1.54, 1.807) is 0 Å². The minimum absolute atomic E-state index is 0.310. The predicted molar refractivity (Wildman–Crippen MR) is 93.2 cm³/mol. The molecule has 4 nitrogen and oxygen atoms in total. The summed E-state index contributed by atoms with van der Waals surface area (Å²) in [6, 6.07) is 11.5. The molecular formula is C19H29N3O. The van der Waals surface area contributed by atoms with Crippen molar-refractivity contribution >= 4 is 5.91 Å². The van der Waals surface area contributed by atoms with E-state index in [0.717, 1.165) is 39.0 Å². The highest BCUT2D eigenvalue weighted by Crippen LogP contribution is 2.19. The van der Waals surface area contributed by atoms with E-state index in [-0.39, 0.29) is 0 Å². The van der Waals surface area contributed by atoms with E-state index in [0.29, 0.717) is 24.4 Å². The molecule has 2 aliphatic heterocycles. The van der Waals surface area contributed by atoms with Crippen molar-refractivity contribution in [3.05, 3.63) is 35.9 Å². The number of likely N-dealkylation sites (N-methyl/N-ethyl adjacent to an activating group) is 1. The quantitative estimate of drug-likeness (QED) is 0.874. The van der Waals surface area contributed by atoms with Gasteiger partial charge in [0, 0.05) is 45.2 Å². The molecule has 2 fully saturated rings. The molecule has 2 aliphatic rings. The Kier molecular flexibility index (Phi) is 5.68. The first kappa shape index (κ1) is 16.5. The van der Waals surface area contributed by atoms with E-state index in [9.17, 15) is 4.79 Å². The molecule has 0 radical (unpaired) electrons. The zero-order chi connectivity index (χ0) is 16.1. The topological polar surface area (TPSA) is 35.6 Å². The monoisotopic (exact) mass is 315 g/mol. The van der Waals surface area contributed by atoms with Crippen molar-refractivity contribution in [3.63, 3.8) is 0 Å². The van der Waals surface area contributed by atoms with Gasteiger partial charge in [-0.2, -0.15) is 0 Å². The van der Waals surface area contributed by atoms with Gasteiger partial charge in [0.25, 0.3) is 0 Å². The van der Waals surface area contributed by atoms with Crippen LogP contribution in [0, 0.1) is 0 Å². The number of carbonyl (C=O) groups excluding carboxylic acids is 1. The lowest BCUT2D eigenvalue weighted by Gasteiger charge is -2.25. The van der Waals surface area contributed by atoms with Crippen molar-refractivity contribution in [2.45, 2.75) is 50.7 Å². The number of nitrogens with one attached hydrogen (secondary N) is 1. The second-order valence-corrected chi connectivity index (χ2v) is 7.00. The van der Waals surface area contributed by atoms with E-state index in [1.165, 1.54) is 18.4 Å². The lowest BCUT2D eigenvalue weighted by molar-refractivity contribution is -0.132. The number of carbonyl (C=O) groups is 1. The van der Waals surface area contributed by atoms with E-state index in [1.807, 2.05) is 11.9 Å². The molecule has 2 heterocycles. The number of likely N-dealkylation sites (tertiary alicyclic amines) is 1. The fourth-order valence-electron chi connectivity index (χ4n) is 3.79. The summed E-state index contributed by atoms with van der Waals surface area (Å²) in [7, 11) is 1.99. The van der Waals surface area contributed by atoms with Gasteiger partial charge in [-0.15, -0.1) is 0 Å². The fourth-order valence-corrected chi connectivity index (χ4v) is 3.79. The molecule has 23 heavy (non-hydrogen) atoms. The smallest absolute Gasteiger partial charge is 0.222 e. The Morgan fingerprint density at radius 3 is 2.87 bits per heavy atom. The lowest BCUT2D eigenvalue weighted by atomic mass is 10.1. The Morgan fingerprint density at radius 1 is 1.30 bits per heavy atom. The first-order valence-corrected chi connectivity index (χ1v) is 8.97. The normalized spacial score (nSPS) is 24.9. The van der Waals surface area contributed by atoms with Gasteiger partial charge in [0.05, 0.1) is 0 Å². The van der Waals surface area contributed by atoms with Crippen LogP contribution in [-0.4, -0.2) is 54.5 Å². The van der Waals surface area contributed by atoms with Crippen LogP contribution in [0.5, 0.6) is 0 Å². The molecule has 2 atom stereocenters. The van der Waals surface area contributed by atoms with Crippen LogP contribution in [0.4, 0.5) is 0 Å². The van der Waals surface area contributed by atoms with Crippen LogP contribution in [0.1, 0.15) is 37.7 Å². The number of benzene rings is 1. The Balaban J connectivity index is 1.43. The maximum absolute atomic E-state index is 12.4. The molecule has 126 valence electrons. The van der Waals surface area contributed by atoms with Crippen LogP contribution in [0.3, 0.4) is 0 Å². The van der Waals surface area contributed by atoms with Crippen molar-refractivity contribution in [2.75, 3.05) is 26.7 Å². The van der Waals surface area contributed by atoms with Gasteiger partial charge in [-0.1, -0.05) is 30.3 Å². The standard InChI is InChI=1S/C19H29N3O/c1-21(19(23)10-9-17-8-5-12-20-17)18-11-13-22(15-18)14-16-6-3-2-4-7-16/h2-4,6-7,17-18,20H,5,8-15H2,1H3. The molecule has 3 rings (SSSR count). The fraction of sp³-hybridized carbons (Fsp3) is 0.632. The Hall–Kier alpha value is -1.39. The van der Waals surface area contributed by atoms with Gasteiger partial charge in [0.1, 0.15) is 0 Å². The summed E-state index contributed by atoms with van der Waals surface area (Å²) in [5.74, 6) is 0.310. The molecule has 0 saturated carbocycles. The largest absolute Gasteiger partial charge is 0.341 e. The van der Waals surface area contributed by atoms with E-state index < -0.39 is 0 Å². The Morgan fingerprint density at radius 2 is 2.13 bits per heavy atom. The first-order chi connectivity index (χ1) is 11.2. The van der Waals surface area contributed by atoms with Crippen molar-refractivity contribution in [3.8, 4) is 0 Å². The molecule has 1 N–H and O–H groups in total. The molecule has 0 bridgehead atoms. The summed E-state index contributed by atoms with van der Waals surface area (Å²) in [6.45, 7) is 4.19. The third-order valence-electron chi connectivity index (χ3n) is 5.31. The molecule has 1 aromatic rings. The summed E-state index contributed by atoms with van der Waals surface area (Å²) in [6.07, 6.45) is 5.25. The summed E-state index contributed by atoms with van der Waals surface area (Å²) >= 11 is 0. The average Bonchev–Trinajstić information content (AvgIpc) is 3.24. The molecular weight excluding hydrogens is 286 g/mol. The van der Waals surface area contributed by atoms with Gasteiger partial charge < -0.3 is 10.2 Å². The summed E-state index contributed by atoms with van der Waals surface area (Å²) in [5, 5.41) is 3.48. The van der Waals surface area contributed by atoms with Gasteiger partial charge in [0.15, 0.2) is 0 Å². The van der Waals surface area contributed by atoms with Crippen molar-refractivity contribution in [1.82, 2.24) is 15.1 Å². The van der Waals surface area contributed by atoms with Crippen LogP contribution in [0.25, 0.3) is 0 Å². The van der Waals surface area contributed by atoms with Gasteiger partial charge in [-0.25, -0.2) is 0 Å². The zero-order valence-electron chi connectivity index (χ0n) is 14.2. The first-order valence-electron chi connectivity index (χ1n) is 8.97. The summed E-state index contributed by atoms with van der Waals surface area (Å²) in [4.78, 5) is 16.9. The number of amides is 1. The number of hydrogen-bond donors (Lipinski definition) is 1. The minimum Gasteiger partial charge on any atom is -0.341 e. The van der Waals surface area contributed by atoms with Gasteiger partial charge in [-0.05, 0) is 37.8 Å². The molecule has 2 unspecified atom stereocenters. The maximum Gasteiger partial charge on any atom is 0.222 e. The van der Waals surface area contributed by atoms with Crippen LogP contribution in [-0.2, 0) is 11.3 Å². The third kappa shape index (κ3) is 4.55. The molecule has 0 aliphatic carbocycles. The molecule has 0 spiro atoms.